The molecule has 1 aromatic rings. The van der Waals surface area contributed by atoms with E-state index in [0.29, 0.717) is 18.3 Å². The van der Waals surface area contributed by atoms with Crippen LogP contribution in [0.15, 0.2) is 23.2 Å². The van der Waals surface area contributed by atoms with Crippen LogP contribution in [0.5, 0.6) is 11.5 Å². The molecule has 0 radical (unpaired) electrons. The molecule has 1 aliphatic heterocycles. The lowest BCUT2D eigenvalue weighted by molar-refractivity contribution is 0.216. The molecule has 0 aromatic heterocycles. The highest BCUT2D eigenvalue weighted by atomic mass is 16.5. The molecule has 1 atom stereocenters. The summed E-state index contributed by atoms with van der Waals surface area (Å²) < 4.78 is 5.21. The Bertz CT molecular complexity index is 554. The van der Waals surface area contributed by atoms with E-state index in [9.17, 15) is 5.11 Å². The van der Waals surface area contributed by atoms with Gasteiger partial charge in [0.05, 0.1) is 19.2 Å². The van der Waals surface area contributed by atoms with Gasteiger partial charge in [-0.3, -0.25) is 4.99 Å². The van der Waals surface area contributed by atoms with Crippen molar-refractivity contribution in [1.29, 1.82) is 0 Å². The predicted octanol–water partition coefficient (Wildman–Crippen LogP) is 1.66. The molecule has 5 heteroatoms. The SMILES string of the molecule is COc1cc(C2(C)CN=C(N)N2CC2CC2)ccc1O. The van der Waals surface area contributed by atoms with Gasteiger partial charge < -0.3 is 20.5 Å². The van der Waals surface area contributed by atoms with E-state index in [4.69, 9.17) is 10.5 Å². The summed E-state index contributed by atoms with van der Waals surface area (Å²) in [5, 5.41) is 9.74. The number of hydrogen-bond acceptors (Lipinski definition) is 5. The molecule has 0 saturated heterocycles. The summed E-state index contributed by atoms with van der Waals surface area (Å²) in [6.45, 7) is 3.74. The number of guanidine groups is 1. The number of nitrogens with two attached hydrogens (primary N) is 1. The second-order valence-corrected chi connectivity index (χ2v) is 5.89. The van der Waals surface area contributed by atoms with Crippen LogP contribution in [-0.4, -0.2) is 36.2 Å². The lowest BCUT2D eigenvalue weighted by Crippen LogP contribution is -2.48. The molecule has 3 rings (SSSR count). The van der Waals surface area contributed by atoms with Crippen LogP contribution >= 0.6 is 0 Å². The Hall–Kier alpha value is -1.91. The number of ether oxygens (including phenoxy) is 1. The van der Waals surface area contributed by atoms with E-state index in [2.05, 4.69) is 16.8 Å². The Labute approximate surface area is 119 Å². The predicted molar refractivity (Wildman–Crippen MR) is 77.9 cm³/mol. The molecule has 3 N–H and O–H groups in total. The monoisotopic (exact) mass is 275 g/mol. The standard InChI is InChI=1S/C15H21N3O2/c1-15(11-5-6-12(19)13(7-11)20-2)9-17-14(16)18(15)8-10-3-4-10/h5-7,10,19H,3-4,8-9H2,1-2H3,(H2,16,17). The molecule has 20 heavy (non-hydrogen) atoms. The van der Waals surface area contributed by atoms with Gasteiger partial charge in [0.25, 0.3) is 0 Å². The first-order chi connectivity index (χ1) is 9.54. The van der Waals surface area contributed by atoms with Crippen molar-refractivity contribution in [3.8, 4) is 11.5 Å². The lowest BCUT2D eigenvalue weighted by atomic mass is 9.90. The number of benzene rings is 1. The third kappa shape index (κ3) is 2.07. The molecule has 0 bridgehead atoms. The van der Waals surface area contributed by atoms with Crippen LogP contribution in [0.3, 0.4) is 0 Å². The van der Waals surface area contributed by atoms with E-state index >= 15 is 0 Å². The minimum Gasteiger partial charge on any atom is -0.504 e. The summed E-state index contributed by atoms with van der Waals surface area (Å²) >= 11 is 0. The number of hydrogen-bond donors (Lipinski definition) is 2. The first-order valence-electron chi connectivity index (χ1n) is 6.99. The van der Waals surface area contributed by atoms with Gasteiger partial charge in [-0.1, -0.05) is 6.07 Å². The molecule has 1 saturated carbocycles. The quantitative estimate of drug-likeness (QED) is 0.876. The maximum atomic E-state index is 9.74. The summed E-state index contributed by atoms with van der Waals surface area (Å²) in [4.78, 5) is 6.61. The van der Waals surface area contributed by atoms with Crippen LogP contribution in [0.2, 0.25) is 0 Å². The molecule has 0 spiro atoms. The summed E-state index contributed by atoms with van der Waals surface area (Å²) in [6, 6.07) is 5.47. The fraction of sp³-hybridized carbons (Fsp3) is 0.533. The molecule has 0 amide bonds. The number of phenolic OH excluding ortho intramolecular Hbond substituents is 1. The largest absolute Gasteiger partial charge is 0.504 e. The van der Waals surface area contributed by atoms with Crippen LogP contribution in [0, 0.1) is 5.92 Å². The van der Waals surface area contributed by atoms with E-state index in [1.54, 1.807) is 13.2 Å². The Morgan fingerprint density at radius 3 is 2.90 bits per heavy atom. The van der Waals surface area contributed by atoms with Crippen molar-refractivity contribution >= 4 is 5.96 Å². The zero-order valence-corrected chi connectivity index (χ0v) is 12.0. The first-order valence-corrected chi connectivity index (χ1v) is 6.99. The summed E-state index contributed by atoms with van der Waals surface area (Å²) in [5.41, 5.74) is 6.87. The number of aromatic hydroxyl groups is 1. The van der Waals surface area contributed by atoms with Crippen molar-refractivity contribution in [2.75, 3.05) is 20.2 Å². The molecule has 1 aliphatic carbocycles. The average molecular weight is 275 g/mol. The van der Waals surface area contributed by atoms with Crippen molar-refractivity contribution in [3.05, 3.63) is 23.8 Å². The maximum absolute atomic E-state index is 9.74. The molecule has 2 aliphatic rings. The second kappa shape index (κ2) is 4.58. The molecule has 1 fully saturated rings. The van der Waals surface area contributed by atoms with Gasteiger partial charge in [0.15, 0.2) is 17.5 Å². The fourth-order valence-corrected chi connectivity index (χ4v) is 2.77. The van der Waals surface area contributed by atoms with Gasteiger partial charge in [-0.2, -0.15) is 0 Å². The minimum absolute atomic E-state index is 0.153. The lowest BCUT2D eigenvalue weighted by Gasteiger charge is -2.37. The van der Waals surface area contributed by atoms with E-state index in [-0.39, 0.29) is 11.3 Å². The Balaban J connectivity index is 1.93. The van der Waals surface area contributed by atoms with Gasteiger partial charge in [-0.25, -0.2) is 0 Å². The molecule has 1 unspecified atom stereocenters. The highest BCUT2D eigenvalue weighted by Gasteiger charge is 2.42. The van der Waals surface area contributed by atoms with Gasteiger partial charge in [0, 0.05) is 6.54 Å². The van der Waals surface area contributed by atoms with Gasteiger partial charge in [-0.05, 0) is 43.4 Å². The fourth-order valence-electron chi connectivity index (χ4n) is 2.77. The number of rotatable bonds is 4. The van der Waals surface area contributed by atoms with Gasteiger partial charge >= 0.3 is 0 Å². The van der Waals surface area contributed by atoms with E-state index in [1.807, 2.05) is 12.1 Å². The number of nitrogens with zero attached hydrogens (tertiary/aromatic N) is 2. The topological polar surface area (TPSA) is 71.1 Å². The van der Waals surface area contributed by atoms with Crippen LogP contribution in [-0.2, 0) is 5.54 Å². The molecule has 108 valence electrons. The van der Waals surface area contributed by atoms with Crippen molar-refractivity contribution in [2.24, 2.45) is 16.6 Å². The molecular formula is C15H21N3O2. The molecular weight excluding hydrogens is 254 g/mol. The smallest absolute Gasteiger partial charge is 0.192 e. The number of phenols is 1. The zero-order valence-electron chi connectivity index (χ0n) is 12.0. The summed E-state index contributed by atoms with van der Waals surface area (Å²) in [7, 11) is 1.56. The van der Waals surface area contributed by atoms with Crippen molar-refractivity contribution in [1.82, 2.24) is 4.90 Å². The third-order valence-corrected chi connectivity index (χ3v) is 4.36. The second-order valence-electron chi connectivity index (χ2n) is 5.89. The van der Waals surface area contributed by atoms with Crippen LogP contribution in [0.4, 0.5) is 0 Å². The van der Waals surface area contributed by atoms with E-state index in [1.165, 1.54) is 12.8 Å². The Kier molecular flexibility index (Phi) is 3.00. The number of methoxy groups -OCH3 is 1. The normalized spacial score (nSPS) is 25.7. The first kappa shape index (κ1) is 13.1. The minimum atomic E-state index is -0.256. The summed E-state index contributed by atoms with van der Waals surface area (Å²) in [5.74, 6) is 1.99. The summed E-state index contributed by atoms with van der Waals surface area (Å²) in [6.07, 6.45) is 2.55. The average Bonchev–Trinajstić information content (AvgIpc) is 3.21. The van der Waals surface area contributed by atoms with Crippen LogP contribution in [0.1, 0.15) is 25.3 Å². The molecule has 5 nitrogen and oxygen atoms in total. The Morgan fingerprint density at radius 2 is 2.25 bits per heavy atom. The Morgan fingerprint density at radius 1 is 1.50 bits per heavy atom. The molecule has 1 heterocycles. The van der Waals surface area contributed by atoms with Crippen molar-refractivity contribution < 1.29 is 9.84 Å². The van der Waals surface area contributed by atoms with Crippen molar-refractivity contribution in [3.63, 3.8) is 0 Å². The van der Waals surface area contributed by atoms with Gasteiger partial charge in [0.2, 0.25) is 0 Å². The van der Waals surface area contributed by atoms with Crippen LogP contribution in [0.25, 0.3) is 0 Å². The van der Waals surface area contributed by atoms with Gasteiger partial charge in [0.1, 0.15) is 0 Å². The van der Waals surface area contributed by atoms with E-state index < -0.39 is 0 Å². The highest BCUT2D eigenvalue weighted by molar-refractivity contribution is 5.81. The maximum Gasteiger partial charge on any atom is 0.192 e. The molecule has 1 aromatic carbocycles. The highest BCUT2D eigenvalue weighted by Crippen LogP contribution is 2.40. The number of aliphatic imine (C=N–C) groups is 1. The zero-order chi connectivity index (χ0) is 14.3. The van der Waals surface area contributed by atoms with Crippen LogP contribution < -0.4 is 10.5 Å². The van der Waals surface area contributed by atoms with E-state index in [0.717, 1.165) is 18.0 Å². The van der Waals surface area contributed by atoms with Gasteiger partial charge in [-0.15, -0.1) is 0 Å². The third-order valence-electron chi connectivity index (χ3n) is 4.36. The van der Waals surface area contributed by atoms with Crippen molar-refractivity contribution in [2.45, 2.75) is 25.3 Å².